The van der Waals surface area contributed by atoms with Gasteiger partial charge < -0.3 is 4.42 Å². The molecule has 1 saturated heterocycles. The van der Waals surface area contributed by atoms with E-state index in [9.17, 15) is 4.79 Å². The summed E-state index contributed by atoms with van der Waals surface area (Å²) in [7, 11) is 0. The van der Waals surface area contributed by atoms with Crippen molar-refractivity contribution in [3.05, 3.63) is 74.6 Å². The molecule has 5 heteroatoms. The lowest BCUT2D eigenvalue weighted by atomic mass is 10.0. The Balaban J connectivity index is 1.53. The van der Waals surface area contributed by atoms with Crippen molar-refractivity contribution < 1.29 is 4.42 Å². The summed E-state index contributed by atoms with van der Waals surface area (Å²) in [5, 5.41) is 2.22. The molecule has 1 atom stereocenters. The molecule has 4 aromatic rings. The zero-order valence-electron chi connectivity index (χ0n) is 16.1. The van der Waals surface area contributed by atoms with Crippen molar-refractivity contribution in [2.45, 2.75) is 39.3 Å². The predicted octanol–water partition coefficient (Wildman–Crippen LogP) is 5.36. The third-order valence-corrected chi connectivity index (χ3v) is 6.91. The van der Waals surface area contributed by atoms with E-state index in [2.05, 4.69) is 36.1 Å². The van der Waals surface area contributed by atoms with Crippen LogP contribution in [0.3, 0.4) is 0 Å². The monoisotopic (exact) mass is 390 g/mol. The molecule has 0 saturated carbocycles. The molecular weight excluding hydrogens is 368 g/mol. The topological polar surface area (TPSA) is 46.3 Å². The Bertz CT molecular complexity index is 1210. The summed E-state index contributed by atoms with van der Waals surface area (Å²) in [6.45, 7) is 5.91. The number of thiazole rings is 1. The Kier molecular flexibility index (Phi) is 4.29. The number of fused-ring (bicyclic) bond motifs is 2. The minimum absolute atomic E-state index is 0.276. The number of benzene rings is 2. The van der Waals surface area contributed by atoms with E-state index in [1.54, 1.807) is 17.4 Å². The van der Waals surface area contributed by atoms with Gasteiger partial charge in [0, 0.05) is 18.0 Å². The van der Waals surface area contributed by atoms with Gasteiger partial charge in [0.2, 0.25) is 0 Å². The number of nitrogens with zero attached hydrogens (tertiary/aromatic N) is 2. The van der Waals surface area contributed by atoms with Crippen LogP contribution in [0, 0.1) is 13.8 Å². The van der Waals surface area contributed by atoms with Crippen LogP contribution in [0.4, 0.5) is 0 Å². The predicted molar refractivity (Wildman–Crippen MR) is 114 cm³/mol. The summed E-state index contributed by atoms with van der Waals surface area (Å²) in [6, 6.07) is 14.4. The maximum Gasteiger partial charge on any atom is 0.336 e. The van der Waals surface area contributed by atoms with Gasteiger partial charge in [0.15, 0.2) is 0 Å². The van der Waals surface area contributed by atoms with Crippen molar-refractivity contribution in [2.24, 2.45) is 0 Å². The average Bonchev–Trinajstić information content (AvgIpc) is 3.29. The first-order valence-corrected chi connectivity index (χ1v) is 10.5. The standard InChI is InChI=1S/C23H22N2O2S/c1-14-10-17-16(12-22(26)27-20(17)11-15(14)2)13-25-9-5-7-19(25)23-24-18-6-3-4-8-21(18)28-23/h3-4,6,8,10-12,19H,5,7,9,13H2,1-2H3/t19-/m0/s1. The van der Waals surface area contributed by atoms with Gasteiger partial charge in [-0.05, 0) is 74.2 Å². The molecule has 0 amide bonds. The van der Waals surface area contributed by atoms with E-state index < -0.39 is 0 Å². The van der Waals surface area contributed by atoms with Crippen molar-refractivity contribution in [3.8, 4) is 0 Å². The second-order valence-corrected chi connectivity index (χ2v) is 8.73. The van der Waals surface area contributed by atoms with Gasteiger partial charge in [0.25, 0.3) is 0 Å². The molecular formula is C23H22N2O2S. The number of aryl methyl sites for hydroxylation is 2. The van der Waals surface area contributed by atoms with Crippen LogP contribution < -0.4 is 5.63 Å². The van der Waals surface area contributed by atoms with Crippen LogP contribution in [-0.2, 0) is 6.54 Å². The minimum atomic E-state index is -0.276. The van der Waals surface area contributed by atoms with Gasteiger partial charge in [0.1, 0.15) is 10.6 Å². The largest absolute Gasteiger partial charge is 0.423 e. The van der Waals surface area contributed by atoms with Crippen LogP contribution in [0.15, 0.2) is 51.7 Å². The highest BCUT2D eigenvalue weighted by atomic mass is 32.1. The normalized spacial score (nSPS) is 17.7. The molecule has 0 aliphatic carbocycles. The molecule has 0 N–H and O–H groups in total. The molecule has 2 aromatic heterocycles. The molecule has 5 rings (SSSR count). The third-order valence-electron chi connectivity index (χ3n) is 5.78. The van der Waals surface area contributed by atoms with E-state index in [1.807, 2.05) is 19.1 Å². The summed E-state index contributed by atoms with van der Waals surface area (Å²) in [4.78, 5) is 19.5. The molecule has 0 bridgehead atoms. The van der Waals surface area contributed by atoms with Crippen molar-refractivity contribution >= 4 is 32.5 Å². The molecule has 4 nitrogen and oxygen atoms in total. The van der Waals surface area contributed by atoms with Gasteiger partial charge in [-0.15, -0.1) is 11.3 Å². The summed E-state index contributed by atoms with van der Waals surface area (Å²) in [5.41, 5.74) is 4.88. The van der Waals surface area contributed by atoms with Crippen LogP contribution in [-0.4, -0.2) is 16.4 Å². The summed E-state index contributed by atoms with van der Waals surface area (Å²) >= 11 is 1.79. The van der Waals surface area contributed by atoms with Gasteiger partial charge in [-0.3, -0.25) is 4.90 Å². The molecule has 142 valence electrons. The molecule has 1 aliphatic rings. The lowest BCUT2D eigenvalue weighted by Gasteiger charge is -2.23. The third kappa shape index (κ3) is 3.05. The number of hydrogen-bond acceptors (Lipinski definition) is 5. The molecule has 1 aliphatic heterocycles. The molecule has 1 fully saturated rings. The van der Waals surface area contributed by atoms with Crippen molar-refractivity contribution in [2.75, 3.05) is 6.54 Å². The average molecular weight is 391 g/mol. The van der Waals surface area contributed by atoms with Crippen LogP contribution >= 0.6 is 11.3 Å². The van der Waals surface area contributed by atoms with Crippen LogP contribution in [0.2, 0.25) is 0 Å². The van der Waals surface area contributed by atoms with E-state index in [0.29, 0.717) is 11.6 Å². The number of para-hydroxylation sites is 1. The zero-order valence-corrected chi connectivity index (χ0v) is 16.9. The van der Waals surface area contributed by atoms with Gasteiger partial charge in [-0.25, -0.2) is 9.78 Å². The van der Waals surface area contributed by atoms with Gasteiger partial charge in [-0.1, -0.05) is 12.1 Å². The fraction of sp³-hybridized carbons (Fsp3) is 0.304. The van der Waals surface area contributed by atoms with Crippen LogP contribution in [0.25, 0.3) is 21.2 Å². The Morgan fingerprint density at radius 2 is 2.00 bits per heavy atom. The Hall–Kier alpha value is -2.50. The van der Waals surface area contributed by atoms with E-state index in [4.69, 9.17) is 9.40 Å². The van der Waals surface area contributed by atoms with Crippen molar-refractivity contribution in [1.29, 1.82) is 0 Å². The van der Waals surface area contributed by atoms with E-state index >= 15 is 0 Å². The highest BCUT2D eigenvalue weighted by Gasteiger charge is 2.29. The summed E-state index contributed by atoms with van der Waals surface area (Å²) < 4.78 is 6.71. The van der Waals surface area contributed by atoms with Crippen LogP contribution in [0.5, 0.6) is 0 Å². The highest BCUT2D eigenvalue weighted by Crippen LogP contribution is 2.37. The number of rotatable bonds is 3. The molecule has 2 aromatic carbocycles. The Labute approximate surface area is 167 Å². The molecule has 0 radical (unpaired) electrons. The minimum Gasteiger partial charge on any atom is -0.423 e. The molecule has 28 heavy (non-hydrogen) atoms. The smallest absolute Gasteiger partial charge is 0.336 e. The second-order valence-electron chi connectivity index (χ2n) is 7.67. The lowest BCUT2D eigenvalue weighted by Crippen LogP contribution is -2.23. The molecule has 3 heterocycles. The first kappa shape index (κ1) is 17.6. The lowest BCUT2D eigenvalue weighted by molar-refractivity contribution is 0.248. The van der Waals surface area contributed by atoms with Crippen molar-refractivity contribution in [1.82, 2.24) is 9.88 Å². The summed E-state index contributed by atoms with van der Waals surface area (Å²) in [5.74, 6) is 0. The molecule has 0 spiro atoms. The van der Waals surface area contributed by atoms with Gasteiger partial charge in [-0.2, -0.15) is 0 Å². The quantitative estimate of drug-likeness (QED) is 0.442. The first-order valence-electron chi connectivity index (χ1n) is 9.72. The zero-order chi connectivity index (χ0) is 19.3. The first-order chi connectivity index (χ1) is 13.6. The maximum atomic E-state index is 12.1. The Morgan fingerprint density at radius 3 is 2.86 bits per heavy atom. The number of hydrogen-bond donors (Lipinski definition) is 0. The Morgan fingerprint density at radius 1 is 1.18 bits per heavy atom. The second kappa shape index (κ2) is 6.83. The number of likely N-dealkylation sites (tertiary alicyclic amines) is 1. The van der Waals surface area contributed by atoms with Gasteiger partial charge >= 0.3 is 5.63 Å². The highest BCUT2D eigenvalue weighted by molar-refractivity contribution is 7.18. The maximum absolute atomic E-state index is 12.1. The molecule has 0 unspecified atom stereocenters. The van der Waals surface area contributed by atoms with Crippen molar-refractivity contribution in [3.63, 3.8) is 0 Å². The summed E-state index contributed by atoms with van der Waals surface area (Å²) in [6.07, 6.45) is 2.26. The van der Waals surface area contributed by atoms with E-state index in [-0.39, 0.29) is 5.63 Å². The van der Waals surface area contributed by atoms with Gasteiger partial charge in [0.05, 0.1) is 16.3 Å². The van der Waals surface area contributed by atoms with E-state index in [1.165, 1.54) is 15.3 Å². The van der Waals surface area contributed by atoms with Crippen LogP contribution in [0.1, 0.15) is 40.6 Å². The fourth-order valence-electron chi connectivity index (χ4n) is 4.16. The fourth-order valence-corrected chi connectivity index (χ4v) is 5.30. The number of aromatic nitrogens is 1. The van der Waals surface area contributed by atoms with E-state index in [0.717, 1.165) is 48.0 Å². The SMILES string of the molecule is Cc1cc2oc(=O)cc(CN3CCC[C@H]3c3nc4ccccc4s3)c2cc1C.